The molecule has 0 bridgehead atoms. The van der Waals surface area contributed by atoms with Crippen LogP contribution in [-0.2, 0) is 14.3 Å². The van der Waals surface area contributed by atoms with E-state index in [2.05, 4.69) is 34.4 Å². The maximum absolute atomic E-state index is 13.6. The number of unbranched alkanes of at least 4 members (excludes halogenated alkanes) is 22. The summed E-state index contributed by atoms with van der Waals surface area (Å²) in [6.45, 7) is 18.5. The first-order valence-corrected chi connectivity index (χ1v) is 23.4. The maximum atomic E-state index is 13.6. The number of aliphatic imine (C=N–C) groups is 1. The Kier molecular flexibility index (Phi) is 33.6. The van der Waals surface area contributed by atoms with Crippen molar-refractivity contribution in [2.45, 2.75) is 227 Å². The summed E-state index contributed by atoms with van der Waals surface area (Å²) in [6, 6.07) is 0. The Morgan fingerprint density at radius 3 is 1.12 bits per heavy atom. The molecule has 0 heterocycles. The van der Waals surface area contributed by atoms with Gasteiger partial charge in [0.05, 0.1) is 6.54 Å². The zero-order valence-electron chi connectivity index (χ0n) is 38.6. The van der Waals surface area contributed by atoms with E-state index in [0.29, 0.717) is 13.1 Å². The van der Waals surface area contributed by atoms with Crippen LogP contribution in [0.15, 0.2) is 4.99 Å². The summed E-state index contributed by atoms with van der Waals surface area (Å²) in [5.41, 5.74) is 5.23. The van der Waals surface area contributed by atoms with E-state index in [1.807, 2.05) is 41.5 Å². The Morgan fingerprint density at radius 1 is 0.491 bits per heavy atom. The SMILES string of the molecule is CCCCCCCCCCCCCCN(CCCCCCCCCCCCCC)C(=O)CCN=C(N)N(CCNC(=O)OC(C)(C)C)CCNC(=O)OC(C)(C)C. The lowest BCUT2D eigenvalue weighted by Crippen LogP contribution is -2.47. The first-order valence-electron chi connectivity index (χ1n) is 23.4. The van der Waals surface area contributed by atoms with Gasteiger partial charge in [-0.25, -0.2) is 9.59 Å². The lowest BCUT2D eigenvalue weighted by atomic mass is 10.0. The van der Waals surface area contributed by atoms with Crippen LogP contribution < -0.4 is 16.4 Å². The maximum Gasteiger partial charge on any atom is 0.407 e. The van der Waals surface area contributed by atoms with Crippen LogP contribution in [0.2, 0.25) is 0 Å². The molecule has 336 valence electrons. The first-order chi connectivity index (χ1) is 27.2. The highest BCUT2D eigenvalue weighted by Gasteiger charge is 2.19. The third kappa shape index (κ3) is 37.3. The van der Waals surface area contributed by atoms with Crippen LogP contribution in [0.25, 0.3) is 0 Å². The number of nitrogens with one attached hydrogen (secondary N) is 2. The van der Waals surface area contributed by atoms with Crippen LogP contribution in [-0.4, -0.2) is 90.9 Å². The molecule has 57 heavy (non-hydrogen) atoms. The van der Waals surface area contributed by atoms with Crippen LogP contribution in [0, 0.1) is 0 Å². The Morgan fingerprint density at radius 2 is 0.807 bits per heavy atom. The number of amides is 3. The number of carbonyl (C=O) groups is 3. The fourth-order valence-corrected chi connectivity index (χ4v) is 6.73. The number of alkyl carbamates (subject to hydrolysis) is 2. The summed E-state index contributed by atoms with van der Waals surface area (Å²) in [4.78, 5) is 46.5. The van der Waals surface area contributed by atoms with Crippen molar-refractivity contribution in [3.63, 3.8) is 0 Å². The Bertz CT molecular complexity index is 964. The topological polar surface area (TPSA) is 139 Å². The second kappa shape index (κ2) is 35.2. The highest BCUT2D eigenvalue weighted by atomic mass is 16.6. The smallest absolute Gasteiger partial charge is 0.407 e. The second-order valence-electron chi connectivity index (χ2n) is 18.0. The van der Waals surface area contributed by atoms with Crippen molar-refractivity contribution in [1.29, 1.82) is 0 Å². The summed E-state index contributed by atoms with van der Waals surface area (Å²) >= 11 is 0. The highest BCUT2D eigenvalue weighted by Crippen LogP contribution is 2.15. The number of rotatable bonds is 35. The normalized spacial score (nSPS) is 12.0. The minimum atomic E-state index is -0.609. The van der Waals surface area contributed by atoms with E-state index in [0.717, 1.165) is 38.8 Å². The van der Waals surface area contributed by atoms with E-state index in [-0.39, 0.29) is 37.9 Å². The van der Waals surface area contributed by atoms with E-state index in [1.165, 1.54) is 128 Å². The number of ether oxygens (including phenoxy) is 2. The average molecular weight is 809 g/mol. The number of carbonyl (C=O) groups excluding carboxylic acids is 3. The van der Waals surface area contributed by atoms with Gasteiger partial charge in [0, 0.05) is 45.7 Å². The van der Waals surface area contributed by atoms with Crippen molar-refractivity contribution in [3.8, 4) is 0 Å². The molecule has 0 aliphatic heterocycles. The van der Waals surface area contributed by atoms with Crippen LogP contribution in [0.5, 0.6) is 0 Å². The molecule has 0 saturated heterocycles. The fourth-order valence-electron chi connectivity index (χ4n) is 6.73. The molecule has 0 aromatic carbocycles. The van der Waals surface area contributed by atoms with Crippen LogP contribution >= 0.6 is 0 Å². The highest BCUT2D eigenvalue weighted by molar-refractivity contribution is 5.80. The molecule has 0 unspecified atom stereocenters. The summed E-state index contributed by atoms with van der Waals surface area (Å²) in [6.07, 6.45) is 30.4. The summed E-state index contributed by atoms with van der Waals surface area (Å²) in [7, 11) is 0. The molecular weight excluding hydrogens is 717 g/mol. The Hall–Kier alpha value is -2.72. The van der Waals surface area contributed by atoms with Gasteiger partial charge in [0.2, 0.25) is 5.91 Å². The monoisotopic (exact) mass is 809 g/mol. The molecule has 0 radical (unpaired) electrons. The van der Waals surface area contributed by atoms with Gasteiger partial charge < -0.3 is 35.6 Å². The molecule has 0 aromatic rings. The molecule has 0 spiro atoms. The molecule has 0 fully saturated rings. The Balaban J connectivity index is 5.09. The van der Waals surface area contributed by atoms with E-state index in [9.17, 15) is 14.4 Å². The van der Waals surface area contributed by atoms with E-state index < -0.39 is 23.4 Å². The van der Waals surface area contributed by atoms with Crippen LogP contribution in [0.4, 0.5) is 9.59 Å². The average Bonchev–Trinajstić information content (AvgIpc) is 3.12. The third-order valence-corrected chi connectivity index (χ3v) is 9.94. The largest absolute Gasteiger partial charge is 0.444 e. The van der Waals surface area contributed by atoms with Crippen molar-refractivity contribution in [2.75, 3.05) is 45.8 Å². The van der Waals surface area contributed by atoms with Crippen molar-refractivity contribution < 1.29 is 23.9 Å². The zero-order chi connectivity index (χ0) is 42.6. The number of hydrogen-bond acceptors (Lipinski definition) is 6. The first kappa shape index (κ1) is 54.3. The number of nitrogens with two attached hydrogens (primary N) is 1. The van der Waals surface area contributed by atoms with Gasteiger partial charge >= 0.3 is 12.2 Å². The van der Waals surface area contributed by atoms with E-state index >= 15 is 0 Å². The van der Waals surface area contributed by atoms with Crippen molar-refractivity contribution in [3.05, 3.63) is 0 Å². The van der Waals surface area contributed by atoms with Crippen molar-refractivity contribution >= 4 is 24.1 Å². The Labute approximate surface area is 351 Å². The van der Waals surface area contributed by atoms with E-state index in [4.69, 9.17) is 15.2 Å². The van der Waals surface area contributed by atoms with Crippen molar-refractivity contribution in [2.24, 2.45) is 10.7 Å². The van der Waals surface area contributed by atoms with Crippen LogP contribution in [0.1, 0.15) is 216 Å². The number of hydrogen-bond donors (Lipinski definition) is 3. The molecule has 4 N–H and O–H groups in total. The molecule has 11 heteroatoms. The van der Waals surface area contributed by atoms with Gasteiger partial charge in [0.15, 0.2) is 5.96 Å². The molecule has 0 aliphatic carbocycles. The molecule has 0 aliphatic rings. The summed E-state index contributed by atoms with van der Waals surface area (Å²) < 4.78 is 10.7. The minimum Gasteiger partial charge on any atom is -0.444 e. The third-order valence-electron chi connectivity index (χ3n) is 9.94. The molecule has 0 saturated carbocycles. The number of guanidine groups is 1. The van der Waals surface area contributed by atoms with Gasteiger partial charge in [0.25, 0.3) is 0 Å². The number of nitrogens with zero attached hydrogens (tertiary/aromatic N) is 3. The summed E-state index contributed by atoms with van der Waals surface area (Å²) in [5.74, 6) is 0.385. The molecule has 0 atom stereocenters. The summed E-state index contributed by atoms with van der Waals surface area (Å²) in [5, 5.41) is 5.51. The quantitative estimate of drug-likeness (QED) is 0.0329. The fraction of sp³-hybridized carbons (Fsp3) is 0.913. The van der Waals surface area contributed by atoms with Gasteiger partial charge in [0.1, 0.15) is 11.2 Å². The molecular formula is C46H92N6O5. The van der Waals surface area contributed by atoms with Gasteiger partial charge in [-0.2, -0.15) is 0 Å². The lowest BCUT2D eigenvalue weighted by Gasteiger charge is -2.26. The van der Waals surface area contributed by atoms with Gasteiger partial charge in [-0.15, -0.1) is 0 Å². The predicted molar refractivity (Wildman–Crippen MR) is 240 cm³/mol. The molecule has 0 aromatic heterocycles. The van der Waals surface area contributed by atoms with Gasteiger partial charge in [-0.1, -0.05) is 155 Å². The van der Waals surface area contributed by atoms with Crippen LogP contribution in [0.3, 0.4) is 0 Å². The zero-order valence-corrected chi connectivity index (χ0v) is 38.6. The standard InChI is InChI=1S/C46H92N6O5/c1-9-11-13-15-17-19-21-23-25-27-29-31-37-51(38-32-30-28-26-24-22-20-18-16-14-12-10-2)41(53)33-34-48-42(47)52(39-35-49-43(54)56-45(3,4)5)40-36-50-44(55)57-46(6,7)8/h9-40H2,1-8H3,(H2,47,48)(H,49,54)(H,50,55). The van der Waals surface area contributed by atoms with Crippen molar-refractivity contribution in [1.82, 2.24) is 20.4 Å². The van der Waals surface area contributed by atoms with E-state index in [1.54, 1.807) is 4.90 Å². The lowest BCUT2D eigenvalue weighted by molar-refractivity contribution is -0.131. The molecule has 3 amide bonds. The molecule has 0 rings (SSSR count). The molecule has 11 nitrogen and oxygen atoms in total. The predicted octanol–water partition coefficient (Wildman–Crippen LogP) is 11.3. The second-order valence-corrected chi connectivity index (χ2v) is 18.0. The van der Waals surface area contributed by atoms with Gasteiger partial charge in [-0.3, -0.25) is 9.79 Å². The minimum absolute atomic E-state index is 0.127. The van der Waals surface area contributed by atoms with Gasteiger partial charge in [-0.05, 0) is 54.4 Å².